The van der Waals surface area contributed by atoms with E-state index in [1.807, 2.05) is 0 Å². The lowest BCUT2D eigenvalue weighted by Gasteiger charge is -2.11. The molecule has 4 nitrogen and oxygen atoms in total. The van der Waals surface area contributed by atoms with Gasteiger partial charge in [0.2, 0.25) is 0 Å². The number of nitrogens with zero attached hydrogens (tertiary/aromatic N) is 1. The average Bonchev–Trinajstić information content (AvgIpc) is 2.17. The Hall–Kier alpha value is -1.97. The van der Waals surface area contributed by atoms with Gasteiger partial charge in [-0.2, -0.15) is 0 Å². The van der Waals surface area contributed by atoms with Crippen molar-refractivity contribution in [3.05, 3.63) is 35.4 Å². The molecular formula is C10H7NO3. The summed E-state index contributed by atoms with van der Waals surface area (Å²) in [6.45, 7) is 0. The molecule has 70 valence electrons. The minimum atomic E-state index is -1.13. The molecule has 1 aliphatic heterocycles. The van der Waals surface area contributed by atoms with Gasteiger partial charge in [0.05, 0.1) is 0 Å². The van der Waals surface area contributed by atoms with Crippen molar-refractivity contribution in [2.24, 2.45) is 4.99 Å². The molecule has 0 spiro atoms. The third-order valence-corrected chi connectivity index (χ3v) is 2.09. The molecule has 1 aliphatic rings. The molecule has 14 heavy (non-hydrogen) atoms. The van der Waals surface area contributed by atoms with Crippen LogP contribution in [0.15, 0.2) is 29.3 Å². The van der Waals surface area contributed by atoms with E-state index in [1.54, 1.807) is 24.3 Å². The first-order valence-corrected chi connectivity index (χ1v) is 4.11. The van der Waals surface area contributed by atoms with Gasteiger partial charge in [-0.25, -0.2) is 9.79 Å². The van der Waals surface area contributed by atoms with Gasteiger partial charge in [0.1, 0.15) is 5.71 Å². The van der Waals surface area contributed by atoms with Crippen LogP contribution in [0.5, 0.6) is 0 Å². The lowest BCUT2D eigenvalue weighted by Crippen LogP contribution is -2.23. The zero-order valence-corrected chi connectivity index (χ0v) is 7.23. The molecule has 1 aromatic carbocycles. The van der Waals surface area contributed by atoms with Crippen LogP contribution in [0.3, 0.4) is 0 Å². The molecule has 1 heterocycles. The number of carboxylic acid groups (broad SMARTS) is 1. The minimum Gasteiger partial charge on any atom is -0.477 e. The number of carbonyl (C=O) groups excluding carboxylic acids is 1. The lowest BCUT2D eigenvalue weighted by molar-refractivity contribution is -0.129. The summed E-state index contributed by atoms with van der Waals surface area (Å²) in [5.41, 5.74) is 1.14. The summed E-state index contributed by atoms with van der Waals surface area (Å²) in [5.74, 6) is -1.60. The molecule has 1 N–H and O–H groups in total. The van der Waals surface area contributed by atoms with Crippen molar-refractivity contribution in [1.82, 2.24) is 0 Å². The highest BCUT2D eigenvalue weighted by molar-refractivity contribution is 6.39. The number of hydrogen-bond donors (Lipinski definition) is 1. The maximum atomic E-state index is 11.3. The molecule has 0 bridgehead atoms. The minimum absolute atomic E-state index is 0.0892. The van der Waals surface area contributed by atoms with Crippen LogP contribution in [0.4, 0.5) is 0 Å². The standard InChI is InChI=1S/C10H7NO3/c12-9-7-4-2-1-3-6(7)5-8(11-9)10(13)14/h1-4H,5H2,(H,13,14). The zero-order chi connectivity index (χ0) is 10.1. The zero-order valence-electron chi connectivity index (χ0n) is 7.23. The monoisotopic (exact) mass is 189 g/mol. The Labute approximate surface area is 79.9 Å². The number of rotatable bonds is 1. The molecule has 0 atom stereocenters. The Morgan fingerprint density at radius 1 is 1.36 bits per heavy atom. The summed E-state index contributed by atoms with van der Waals surface area (Å²) in [6.07, 6.45) is 0.219. The first kappa shape index (κ1) is 8.62. The Balaban J connectivity index is 2.48. The van der Waals surface area contributed by atoms with E-state index >= 15 is 0 Å². The molecule has 0 saturated heterocycles. The van der Waals surface area contributed by atoms with Crippen LogP contribution < -0.4 is 0 Å². The molecule has 1 amide bonds. The number of hydrogen-bond acceptors (Lipinski definition) is 2. The smallest absolute Gasteiger partial charge is 0.350 e. The van der Waals surface area contributed by atoms with Gasteiger partial charge in [-0.3, -0.25) is 4.79 Å². The van der Waals surface area contributed by atoms with Gasteiger partial charge in [0.25, 0.3) is 5.91 Å². The third kappa shape index (κ3) is 1.31. The highest BCUT2D eigenvalue weighted by atomic mass is 16.4. The van der Waals surface area contributed by atoms with Crippen molar-refractivity contribution in [1.29, 1.82) is 0 Å². The normalized spacial score (nSPS) is 14.6. The molecule has 2 rings (SSSR count). The van der Waals surface area contributed by atoms with E-state index in [1.165, 1.54) is 0 Å². The van der Waals surface area contributed by atoms with Gasteiger partial charge < -0.3 is 5.11 Å². The van der Waals surface area contributed by atoms with Crippen molar-refractivity contribution in [2.75, 3.05) is 0 Å². The summed E-state index contributed by atoms with van der Waals surface area (Å²) in [7, 11) is 0. The van der Waals surface area contributed by atoms with Crippen molar-refractivity contribution in [3.63, 3.8) is 0 Å². The first-order valence-electron chi connectivity index (χ1n) is 4.11. The summed E-state index contributed by atoms with van der Waals surface area (Å²) in [5, 5.41) is 8.70. The number of aliphatic imine (C=N–C) groups is 1. The van der Waals surface area contributed by atoms with Crippen LogP contribution >= 0.6 is 0 Å². The molecular weight excluding hydrogens is 182 g/mol. The number of benzene rings is 1. The van der Waals surface area contributed by atoms with E-state index in [4.69, 9.17) is 5.11 Å². The maximum Gasteiger partial charge on any atom is 0.350 e. The van der Waals surface area contributed by atoms with E-state index in [-0.39, 0.29) is 12.1 Å². The second-order valence-electron chi connectivity index (χ2n) is 3.00. The largest absolute Gasteiger partial charge is 0.477 e. The van der Waals surface area contributed by atoms with E-state index < -0.39 is 11.9 Å². The van der Waals surface area contributed by atoms with E-state index in [2.05, 4.69) is 4.99 Å². The summed E-state index contributed by atoms with van der Waals surface area (Å²) in [4.78, 5) is 25.5. The van der Waals surface area contributed by atoms with Gasteiger partial charge in [0.15, 0.2) is 0 Å². The molecule has 0 saturated carbocycles. The van der Waals surface area contributed by atoms with Crippen LogP contribution in [0.2, 0.25) is 0 Å². The fourth-order valence-electron chi connectivity index (χ4n) is 1.41. The van der Waals surface area contributed by atoms with Gasteiger partial charge >= 0.3 is 5.97 Å². The van der Waals surface area contributed by atoms with Crippen molar-refractivity contribution < 1.29 is 14.7 Å². The Kier molecular flexibility index (Phi) is 1.89. The van der Waals surface area contributed by atoms with Crippen molar-refractivity contribution in [3.8, 4) is 0 Å². The molecule has 0 unspecified atom stereocenters. The van der Waals surface area contributed by atoms with Crippen LogP contribution in [0.1, 0.15) is 15.9 Å². The highest BCUT2D eigenvalue weighted by Gasteiger charge is 2.22. The van der Waals surface area contributed by atoms with E-state index in [0.29, 0.717) is 5.56 Å². The summed E-state index contributed by atoms with van der Waals surface area (Å²) >= 11 is 0. The van der Waals surface area contributed by atoms with Crippen LogP contribution in [-0.4, -0.2) is 22.7 Å². The number of carbonyl (C=O) groups is 2. The Bertz CT molecular complexity index is 448. The topological polar surface area (TPSA) is 66.7 Å². The fraction of sp³-hybridized carbons (Fsp3) is 0.100. The first-order chi connectivity index (χ1) is 6.68. The van der Waals surface area contributed by atoms with Crippen molar-refractivity contribution in [2.45, 2.75) is 6.42 Å². The predicted octanol–water partition coefficient (Wildman–Crippen LogP) is 0.909. The molecule has 1 aromatic rings. The van der Waals surface area contributed by atoms with Gasteiger partial charge in [-0.05, 0) is 11.6 Å². The SMILES string of the molecule is O=C(O)C1=NC(=O)c2ccccc2C1. The number of aliphatic carboxylic acids is 1. The Morgan fingerprint density at radius 3 is 2.79 bits per heavy atom. The fourth-order valence-corrected chi connectivity index (χ4v) is 1.41. The lowest BCUT2D eigenvalue weighted by atomic mass is 9.98. The van der Waals surface area contributed by atoms with Crippen LogP contribution in [0, 0.1) is 0 Å². The molecule has 0 radical (unpaired) electrons. The van der Waals surface area contributed by atoms with Crippen LogP contribution in [-0.2, 0) is 11.2 Å². The summed E-state index contributed by atoms with van der Waals surface area (Å²) in [6, 6.07) is 6.90. The maximum absolute atomic E-state index is 11.3. The number of fused-ring (bicyclic) bond motifs is 1. The second kappa shape index (κ2) is 3.06. The molecule has 0 aliphatic carbocycles. The average molecular weight is 189 g/mol. The third-order valence-electron chi connectivity index (χ3n) is 2.09. The molecule has 0 fully saturated rings. The molecule has 4 heteroatoms. The highest BCUT2D eigenvalue weighted by Crippen LogP contribution is 2.16. The number of carboxylic acids is 1. The Morgan fingerprint density at radius 2 is 2.07 bits per heavy atom. The van der Waals surface area contributed by atoms with E-state index in [9.17, 15) is 9.59 Å². The van der Waals surface area contributed by atoms with E-state index in [0.717, 1.165) is 5.56 Å². The summed E-state index contributed by atoms with van der Waals surface area (Å²) < 4.78 is 0. The van der Waals surface area contributed by atoms with Gasteiger partial charge in [-0.15, -0.1) is 0 Å². The quantitative estimate of drug-likeness (QED) is 0.713. The second-order valence-corrected chi connectivity index (χ2v) is 3.00. The molecule has 0 aromatic heterocycles. The van der Waals surface area contributed by atoms with Gasteiger partial charge in [0, 0.05) is 12.0 Å². The van der Waals surface area contributed by atoms with Crippen molar-refractivity contribution >= 4 is 17.6 Å². The van der Waals surface area contributed by atoms with Crippen LogP contribution in [0.25, 0.3) is 0 Å². The number of amides is 1. The van der Waals surface area contributed by atoms with Gasteiger partial charge in [-0.1, -0.05) is 18.2 Å². The predicted molar refractivity (Wildman–Crippen MR) is 49.5 cm³/mol.